The van der Waals surface area contributed by atoms with Gasteiger partial charge in [-0.25, -0.2) is 0 Å². The van der Waals surface area contributed by atoms with E-state index in [1.807, 2.05) is 6.07 Å². The zero-order valence-corrected chi connectivity index (χ0v) is 16.1. The minimum Gasteiger partial charge on any atom is -0.322 e. The summed E-state index contributed by atoms with van der Waals surface area (Å²) >= 11 is 0. The van der Waals surface area contributed by atoms with Gasteiger partial charge in [-0.15, -0.1) is 0 Å². The zero-order chi connectivity index (χ0) is 19.9. The van der Waals surface area contributed by atoms with Crippen LogP contribution in [0, 0.1) is 0 Å². The average Bonchev–Trinajstić information content (AvgIpc) is 2.85. The maximum atomic E-state index is 12.2. The molecule has 1 aliphatic heterocycles. The number of nitrogens with one attached hydrogen (secondary N) is 1. The van der Waals surface area contributed by atoms with Gasteiger partial charge in [0.2, 0.25) is 0 Å². The molecule has 0 fully saturated rings. The Kier molecular flexibility index (Phi) is 4.58. The van der Waals surface area contributed by atoms with E-state index in [2.05, 4.69) is 5.32 Å². The molecule has 28 heavy (non-hydrogen) atoms. The summed E-state index contributed by atoms with van der Waals surface area (Å²) in [5.74, 6) is -0.282. The molecule has 0 aliphatic carbocycles. The molecule has 3 aromatic carbocycles. The van der Waals surface area contributed by atoms with Crippen molar-refractivity contribution >= 4 is 38.8 Å². The van der Waals surface area contributed by atoms with Gasteiger partial charge >= 0.3 is 0 Å². The van der Waals surface area contributed by atoms with E-state index in [1.165, 1.54) is 24.3 Å². The van der Waals surface area contributed by atoms with Gasteiger partial charge in [0, 0.05) is 11.3 Å². The van der Waals surface area contributed by atoms with Crippen LogP contribution >= 0.6 is 21.6 Å². The van der Waals surface area contributed by atoms with Crippen LogP contribution in [0.3, 0.4) is 0 Å². The fourth-order valence-corrected chi connectivity index (χ4v) is 7.68. The van der Waals surface area contributed by atoms with E-state index in [-0.39, 0.29) is 21.4 Å². The van der Waals surface area contributed by atoms with E-state index < -0.39 is 21.6 Å². The Morgan fingerprint density at radius 2 is 1.21 bits per heavy atom. The number of carbonyl (C=O) groups is 1. The summed E-state index contributed by atoms with van der Waals surface area (Å²) in [4.78, 5) is 12.4. The van der Waals surface area contributed by atoms with Crippen LogP contribution in [0.2, 0.25) is 0 Å². The van der Waals surface area contributed by atoms with E-state index in [0.29, 0.717) is 11.3 Å². The fraction of sp³-hybridized carbons (Fsp3) is 0. The molecule has 1 aliphatic rings. The highest BCUT2D eigenvalue weighted by molar-refractivity contribution is 8.44. The largest absolute Gasteiger partial charge is 0.322 e. The number of hydrogen-bond acceptors (Lipinski definition) is 6. The van der Waals surface area contributed by atoms with Crippen molar-refractivity contribution < 1.29 is 23.0 Å². The molecule has 0 atom stereocenters. The lowest BCUT2D eigenvalue weighted by Gasteiger charge is -2.45. The topological polar surface area (TPSA) is 113 Å². The van der Waals surface area contributed by atoms with Crippen molar-refractivity contribution in [3.63, 3.8) is 0 Å². The van der Waals surface area contributed by atoms with E-state index in [4.69, 9.17) is 0 Å². The Bertz CT molecular complexity index is 991. The van der Waals surface area contributed by atoms with Crippen LogP contribution in [0.15, 0.2) is 88.7 Å². The molecule has 0 bridgehead atoms. The first-order chi connectivity index (χ1) is 13.3. The maximum Gasteiger partial charge on any atom is 0.255 e. The molecule has 0 unspecified atom stereocenters. The van der Waals surface area contributed by atoms with Gasteiger partial charge in [-0.1, -0.05) is 51.9 Å². The molecule has 7 nitrogen and oxygen atoms in total. The number of carbonyl (C=O) groups excluding carboxylic acids is 1. The summed E-state index contributed by atoms with van der Waals surface area (Å²) in [6.45, 7) is 0. The first kappa shape index (κ1) is 18.8. The monoisotopic (exact) mass is 418 g/mol. The summed E-state index contributed by atoms with van der Waals surface area (Å²) in [5.41, 5.74) is 1.21. The minimum atomic E-state index is -3.60. The summed E-state index contributed by atoms with van der Waals surface area (Å²) in [6.07, 6.45) is 0. The Labute approximate surface area is 165 Å². The van der Waals surface area contributed by atoms with Crippen LogP contribution in [0.1, 0.15) is 10.4 Å². The van der Waals surface area contributed by atoms with Gasteiger partial charge in [-0.3, -0.25) is 23.0 Å². The van der Waals surface area contributed by atoms with Crippen molar-refractivity contribution in [2.75, 3.05) is 9.03 Å². The highest BCUT2D eigenvalue weighted by Crippen LogP contribution is 2.77. The second-order valence-corrected chi connectivity index (χ2v) is 10.0. The number of hydrogen-bond donors (Lipinski definition) is 5. The highest BCUT2D eigenvalue weighted by Gasteiger charge is 2.47. The Morgan fingerprint density at radius 3 is 1.75 bits per heavy atom. The third-order valence-corrected chi connectivity index (χ3v) is 8.89. The van der Waals surface area contributed by atoms with Gasteiger partial charge in [0.25, 0.3) is 5.91 Å². The maximum absolute atomic E-state index is 12.2. The summed E-state index contributed by atoms with van der Waals surface area (Å²) in [5, 5.41) is 2.74. The lowest BCUT2D eigenvalue weighted by atomic mass is 10.2. The Hall–Kier alpha value is -2.53. The van der Waals surface area contributed by atoms with Crippen molar-refractivity contribution in [2.45, 2.75) is 9.79 Å². The normalized spacial score (nSPS) is 18.8. The SMILES string of the molecule is O=C(Nc1ccc(N2S(O)(O)c3ccccc3S2(O)O)cc1)c1ccccc1. The molecule has 0 radical (unpaired) electrons. The lowest BCUT2D eigenvalue weighted by Crippen LogP contribution is -2.24. The predicted molar refractivity (Wildman–Crippen MR) is 112 cm³/mol. The number of nitrogens with zero attached hydrogens (tertiary/aromatic N) is 1. The van der Waals surface area contributed by atoms with Gasteiger partial charge in [-0.2, -0.15) is 3.71 Å². The molecule has 146 valence electrons. The standard InChI is InChI=1S/C19H18N2O5S2/c22-19(14-6-2-1-3-7-14)20-15-10-12-16(13-11-15)21-27(23,24)17-8-4-5-9-18(17)28(21,25)26/h1-13,23-26H,(H,20,22). The molecule has 0 saturated heterocycles. The molecule has 1 amide bonds. The highest BCUT2D eigenvalue weighted by atomic mass is 32.4. The second-order valence-electron chi connectivity index (χ2n) is 6.11. The molecule has 3 aromatic rings. The molecular formula is C19H18N2O5S2. The summed E-state index contributed by atoms with van der Waals surface area (Å²) in [7, 11) is -7.21. The van der Waals surface area contributed by atoms with Crippen molar-refractivity contribution in [1.29, 1.82) is 0 Å². The van der Waals surface area contributed by atoms with E-state index >= 15 is 0 Å². The van der Waals surface area contributed by atoms with E-state index in [9.17, 15) is 23.0 Å². The summed E-state index contributed by atoms with van der Waals surface area (Å²) < 4.78 is 43.5. The summed E-state index contributed by atoms with van der Waals surface area (Å²) in [6, 6.07) is 21.0. The van der Waals surface area contributed by atoms with Crippen LogP contribution in [-0.2, 0) is 0 Å². The number of rotatable bonds is 3. The molecule has 9 heteroatoms. The first-order valence-electron chi connectivity index (χ1n) is 8.24. The van der Waals surface area contributed by atoms with Crippen molar-refractivity contribution in [1.82, 2.24) is 0 Å². The Morgan fingerprint density at radius 1 is 0.714 bits per heavy atom. The minimum absolute atomic E-state index is 0.0939. The van der Waals surface area contributed by atoms with Crippen molar-refractivity contribution in [3.8, 4) is 0 Å². The van der Waals surface area contributed by atoms with Crippen molar-refractivity contribution in [3.05, 3.63) is 84.4 Å². The number of benzene rings is 3. The van der Waals surface area contributed by atoms with Crippen LogP contribution in [0.25, 0.3) is 0 Å². The quantitative estimate of drug-likeness (QED) is 0.383. The van der Waals surface area contributed by atoms with Gasteiger partial charge in [0.05, 0.1) is 5.69 Å². The van der Waals surface area contributed by atoms with Gasteiger partial charge in [-0.05, 0) is 48.5 Å². The van der Waals surface area contributed by atoms with Gasteiger partial charge < -0.3 is 5.32 Å². The van der Waals surface area contributed by atoms with Crippen molar-refractivity contribution in [2.24, 2.45) is 0 Å². The molecule has 0 spiro atoms. The van der Waals surface area contributed by atoms with Crippen LogP contribution < -0.4 is 9.03 Å². The second kappa shape index (κ2) is 6.82. The average molecular weight is 418 g/mol. The van der Waals surface area contributed by atoms with Gasteiger partial charge in [0.1, 0.15) is 9.79 Å². The van der Waals surface area contributed by atoms with Gasteiger partial charge in [0.15, 0.2) is 0 Å². The molecule has 1 heterocycles. The third kappa shape index (κ3) is 3.04. The van der Waals surface area contributed by atoms with E-state index in [0.717, 1.165) is 3.71 Å². The Balaban J connectivity index is 1.62. The lowest BCUT2D eigenvalue weighted by molar-refractivity contribution is 0.102. The smallest absolute Gasteiger partial charge is 0.255 e. The zero-order valence-electron chi connectivity index (χ0n) is 14.5. The number of amides is 1. The molecule has 0 aromatic heterocycles. The molecule has 5 N–H and O–H groups in total. The van der Waals surface area contributed by atoms with Crippen LogP contribution in [0.4, 0.5) is 11.4 Å². The number of fused-ring (bicyclic) bond motifs is 1. The fourth-order valence-electron chi connectivity index (χ4n) is 2.98. The molecule has 4 rings (SSSR count). The molecular weight excluding hydrogens is 400 g/mol. The van der Waals surface area contributed by atoms with E-state index in [1.54, 1.807) is 48.5 Å². The van der Waals surface area contributed by atoms with Crippen LogP contribution in [-0.4, -0.2) is 24.1 Å². The number of anilines is 2. The molecule has 0 saturated carbocycles. The predicted octanol–water partition coefficient (Wildman–Crippen LogP) is 5.51. The van der Waals surface area contributed by atoms with Crippen LogP contribution in [0.5, 0.6) is 0 Å². The first-order valence-corrected chi connectivity index (χ1v) is 11.2. The third-order valence-electron chi connectivity index (χ3n) is 4.27.